The van der Waals surface area contributed by atoms with Gasteiger partial charge in [-0.2, -0.15) is 0 Å². The predicted molar refractivity (Wildman–Crippen MR) is 97.5 cm³/mol. The second-order valence-electron chi connectivity index (χ2n) is 7.01. The zero-order valence-electron chi connectivity index (χ0n) is 15.2. The van der Waals surface area contributed by atoms with Gasteiger partial charge in [-0.3, -0.25) is 4.79 Å². The second-order valence-corrected chi connectivity index (χ2v) is 7.76. The Morgan fingerprint density at radius 2 is 2.12 bits per heavy atom. The van der Waals surface area contributed by atoms with E-state index in [9.17, 15) is 4.79 Å². The summed E-state index contributed by atoms with van der Waals surface area (Å²) in [7, 11) is 3.87. The van der Waals surface area contributed by atoms with Crippen molar-refractivity contribution in [1.82, 2.24) is 24.5 Å². The maximum atomic E-state index is 12.7. The summed E-state index contributed by atoms with van der Waals surface area (Å²) in [5.74, 6) is 0.707. The minimum atomic E-state index is -0.418. The molecule has 0 saturated carbocycles. The number of carbonyl (C=O) groups is 1. The highest BCUT2D eigenvalue weighted by atomic mass is 32.1. The molecule has 138 valence electrons. The number of rotatable bonds is 2. The quantitative estimate of drug-likeness (QED) is 0.786. The summed E-state index contributed by atoms with van der Waals surface area (Å²) in [5, 5.41) is 3.95. The summed E-state index contributed by atoms with van der Waals surface area (Å²) < 4.78 is 10.1. The van der Waals surface area contributed by atoms with Crippen LogP contribution in [0.1, 0.15) is 39.5 Å². The van der Waals surface area contributed by atoms with Crippen molar-refractivity contribution >= 4 is 23.4 Å². The van der Waals surface area contributed by atoms with Crippen LogP contribution in [0.15, 0.2) is 6.20 Å². The van der Waals surface area contributed by atoms with Gasteiger partial charge in [-0.15, -0.1) is 5.10 Å². The Kier molecular flexibility index (Phi) is 4.36. The van der Waals surface area contributed by atoms with Crippen LogP contribution in [0.2, 0.25) is 0 Å². The molecule has 0 bridgehead atoms. The van der Waals surface area contributed by atoms with Crippen LogP contribution in [0.5, 0.6) is 0 Å². The first kappa shape index (κ1) is 17.3. The number of anilines is 1. The zero-order valence-corrected chi connectivity index (χ0v) is 16.0. The van der Waals surface area contributed by atoms with Crippen LogP contribution < -0.4 is 4.90 Å². The second kappa shape index (κ2) is 6.55. The third kappa shape index (κ3) is 2.84. The van der Waals surface area contributed by atoms with Crippen molar-refractivity contribution in [3.63, 3.8) is 0 Å². The third-order valence-electron chi connectivity index (χ3n) is 5.14. The standard InChI is InChI=1S/C17H22N6O2S/c1-11-13(26-21-20-11)15(24)23-7-5-17(6-8-23)14-12(4-9-25-17)10-18-16(19-14)22(2)3/h10H,4-9H2,1-3H3. The Bertz CT molecular complexity index is 828. The molecule has 0 N–H and O–H groups in total. The van der Waals surface area contributed by atoms with Gasteiger partial charge in [0.05, 0.1) is 18.0 Å². The van der Waals surface area contributed by atoms with E-state index >= 15 is 0 Å². The van der Waals surface area contributed by atoms with E-state index in [0.29, 0.717) is 36.2 Å². The Morgan fingerprint density at radius 1 is 1.35 bits per heavy atom. The number of hydrogen-bond donors (Lipinski definition) is 0. The highest BCUT2D eigenvalue weighted by molar-refractivity contribution is 7.07. The lowest BCUT2D eigenvalue weighted by Gasteiger charge is -2.44. The molecule has 0 atom stereocenters. The Hall–Kier alpha value is -2.13. The Morgan fingerprint density at radius 3 is 2.77 bits per heavy atom. The van der Waals surface area contributed by atoms with Gasteiger partial charge < -0.3 is 14.5 Å². The van der Waals surface area contributed by atoms with Gasteiger partial charge >= 0.3 is 0 Å². The lowest BCUT2D eigenvalue weighted by atomic mass is 9.83. The smallest absolute Gasteiger partial charge is 0.267 e. The van der Waals surface area contributed by atoms with E-state index in [1.807, 2.05) is 37.0 Å². The van der Waals surface area contributed by atoms with Crippen LogP contribution in [0.4, 0.5) is 5.95 Å². The Balaban J connectivity index is 1.57. The average Bonchev–Trinajstić information content (AvgIpc) is 3.08. The van der Waals surface area contributed by atoms with Gasteiger partial charge in [0.2, 0.25) is 5.95 Å². The number of piperidine rings is 1. The lowest BCUT2D eigenvalue weighted by Crippen LogP contribution is -2.49. The van der Waals surface area contributed by atoms with Crippen LogP contribution in [0, 0.1) is 6.92 Å². The number of aryl methyl sites for hydroxylation is 1. The normalized spacial score (nSPS) is 18.7. The van der Waals surface area contributed by atoms with Gasteiger partial charge in [-0.05, 0) is 43.3 Å². The molecule has 4 rings (SSSR count). The van der Waals surface area contributed by atoms with E-state index in [2.05, 4.69) is 14.6 Å². The van der Waals surface area contributed by atoms with Crippen molar-refractivity contribution < 1.29 is 9.53 Å². The number of nitrogens with zero attached hydrogens (tertiary/aromatic N) is 6. The highest BCUT2D eigenvalue weighted by Crippen LogP contribution is 2.41. The molecule has 0 unspecified atom stereocenters. The summed E-state index contributed by atoms with van der Waals surface area (Å²) in [5.41, 5.74) is 2.43. The first-order chi connectivity index (χ1) is 12.5. The SMILES string of the molecule is Cc1nnsc1C(=O)N1CCC2(CC1)OCCc1cnc(N(C)C)nc12. The van der Waals surface area contributed by atoms with Gasteiger partial charge in [0.1, 0.15) is 10.5 Å². The van der Waals surface area contributed by atoms with E-state index < -0.39 is 5.60 Å². The monoisotopic (exact) mass is 374 g/mol. The Labute approximate surface area is 156 Å². The fourth-order valence-corrected chi connectivity index (χ4v) is 4.26. The predicted octanol–water partition coefficient (Wildman–Crippen LogP) is 1.41. The summed E-state index contributed by atoms with van der Waals surface area (Å²) in [6, 6.07) is 0. The van der Waals surface area contributed by atoms with Crippen LogP contribution in [-0.2, 0) is 16.8 Å². The minimum absolute atomic E-state index is 0.0139. The van der Waals surface area contributed by atoms with Crippen molar-refractivity contribution in [2.45, 2.75) is 31.8 Å². The molecule has 0 radical (unpaired) electrons. The van der Waals surface area contributed by atoms with Crippen LogP contribution in [-0.4, -0.2) is 64.2 Å². The molecule has 2 aliphatic heterocycles. The fourth-order valence-electron chi connectivity index (χ4n) is 3.64. The number of amides is 1. The van der Waals surface area contributed by atoms with Gasteiger partial charge in [0, 0.05) is 33.4 Å². The molecule has 9 heteroatoms. The molecule has 0 aliphatic carbocycles. The summed E-state index contributed by atoms with van der Waals surface area (Å²) in [6.45, 7) is 3.76. The molecular formula is C17H22N6O2S. The van der Waals surface area contributed by atoms with Crippen LogP contribution in [0.25, 0.3) is 0 Å². The summed E-state index contributed by atoms with van der Waals surface area (Å²) in [4.78, 5) is 26.4. The van der Waals surface area contributed by atoms with E-state index in [1.54, 1.807) is 0 Å². The van der Waals surface area contributed by atoms with Crippen molar-refractivity contribution in [2.75, 3.05) is 38.7 Å². The molecular weight excluding hydrogens is 352 g/mol. The number of hydrogen-bond acceptors (Lipinski definition) is 8. The molecule has 4 heterocycles. The third-order valence-corrected chi connectivity index (χ3v) is 5.95. The average molecular weight is 374 g/mol. The lowest BCUT2D eigenvalue weighted by molar-refractivity contribution is -0.0966. The molecule has 2 aliphatic rings. The van der Waals surface area contributed by atoms with Gasteiger partial charge in [-0.25, -0.2) is 9.97 Å². The van der Waals surface area contributed by atoms with Gasteiger partial charge in [-0.1, -0.05) is 4.49 Å². The highest BCUT2D eigenvalue weighted by Gasteiger charge is 2.43. The molecule has 8 nitrogen and oxygen atoms in total. The topological polar surface area (TPSA) is 84.3 Å². The fraction of sp³-hybridized carbons (Fsp3) is 0.588. The number of ether oxygens (including phenoxy) is 1. The maximum Gasteiger partial charge on any atom is 0.267 e. The maximum absolute atomic E-state index is 12.7. The molecule has 1 saturated heterocycles. The molecule has 1 spiro atoms. The van der Waals surface area contributed by atoms with E-state index in [0.717, 1.165) is 42.1 Å². The molecule has 1 fully saturated rings. The molecule has 0 aromatic carbocycles. The molecule has 1 amide bonds. The van der Waals surface area contributed by atoms with Crippen molar-refractivity contribution in [3.8, 4) is 0 Å². The van der Waals surface area contributed by atoms with E-state index in [1.165, 1.54) is 0 Å². The molecule has 2 aromatic heterocycles. The van der Waals surface area contributed by atoms with Crippen LogP contribution >= 0.6 is 11.5 Å². The van der Waals surface area contributed by atoms with Crippen molar-refractivity contribution in [3.05, 3.63) is 28.0 Å². The van der Waals surface area contributed by atoms with Gasteiger partial charge in [0.25, 0.3) is 5.91 Å². The zero-order chi connectivity index (χ0) is 18.3. The molecule has 2 aromatic rings. The number of carbonyl (C=O) groups excluding carboxylic acids is 1. The minimum Gasteiger partial charge on any atom is -0.368 e. The first-order valence-corrected chi connectivity index (χ1v) is 9.53. The molecule has 26 heavy (non-hydrogen) atoms. The van der Waals surface area contributed by atoms with E-state index in [-0.39, 0.29) is 5.91 Å². The van der Waals surface area contributed by atoms with Crippen molar-refractivity contribution in [1.29, 1.82) is 0 Å². The van der Waals surface area contributed by atoms with Crippen LogP contribution in [0.3, 0.4) is 0 Å². The van der Waals surface area contributed by atoms with E-state index in [4.69, 9.17) is 9.72 Å². The largest absolute Gasteiger partial charge is 0.368 e. The summed E-state index contributed by atoms with van der Waals surface area (Å²) >= 11 is 1.16. The number of likely N-dealkylation sites (tertiary alicyclic amines) is 1. The number of aromatic nitrogens is 4. The van der Waals surface area contributed by atoms with Gasteiger partial charge in [0.15, 0.2) is 0 Å². The summed E-state index contributed by atoms with van der Waals surface area (Å²) in [6.07, 6.45) is 4.23. The first-order valence-electron chi connectivity index (χ1n) is 8.76. The number of fused-ring (bicyclic) bond motifs is 2. The van der Waals surface area contributed by atoms with Crippen molar-refractivity contribution in [2.24, 2.45) is 0 Å².